The van der Waals surface area contributed by atoms with Gasteiger partial charge in [-0.25, -0.2) is 4.98 Å². The van der Waals surface area contributed by atoms with Gasteiger partial charge in [-0.2, -0.15) is 5.10 Å². The molecule has 4 heterocycles. The van der Waals surface area contributed by atoms with E-state index in [1.807, 2.05) is 13.0 Å². The summed E-state index contributed by atoms with van der Waals surface area (Å²) in [5, 5.41) is 10.4. The van der Waals surface area contributed by atoms with Crippen LogP contribution in [0.5, 0.6) is 0 Å². The fourth-order valence-electron chi connectivity index (χ4n) is 2.94. The minimum atomic E-state index is -0.0511. The van der Waals surface area contributed by atoms with Crippen molar-refractivity contribution in [1.29, 1.82) is 0 Å². The first-order valence-electron chi connectivity index (χ1n) is 7.50. The average molecular weight is 315 g/mol. The Labute approximate surface area is 131 Å². The number of piperidine rings is 1. The average Bonchev–Trinajstić information content (AvgIpc) is 3.14. The zero-order valence-electron chi connectivity index (χ0n) is 12.3. The van der Waals surface area contributed by atoms with Gasteiger partial charge in [0.25, 0.3) is 5.56 Å². The second kappa shape index (κ2) is 5.33. The van der Waals surface area contributed by atoms with E-state index in [0.29, 0.717) is 4.70 Å². The minimum absolute atomic E-state index is 0.0511. The number of rotatable bonds is 2. The van der Waals surface area contributed by atoms with Gasteiger partial charge in [-0.1, -0.05) is 6.42 Å². The lowest BCUT2D eigenvalue weighted by Gasteiger charge is -2.22. The summed E-state index contributed by atoms with van der Waals surface area (Å²) < 4.78 is 0.676. The molecule has 0 bridgehead atoms. The Morgan fingerprint density at radius 2 is 2.27 bits per heavy atom. The van der Waals surface area contributed by atoms with Crippen LogP contribution in [0.2, 0.25) is 0 Å². The van der Waals surface area contributed by atoms with Gasteiger partial charge in [-0.3, -0.25) is 9.89 Å². The SMILES string of the molecule is Cc1[nH]ncc1-c1cc2nc([C@H]3CCCCN3)[nH]c(=O)c2s1. The second-order valence-electron chi connectivity index (χ2n) is 5.69. The molecule has 3 aromatic rings. The number of nitrogens with one attached hydrogen (secondary N) is 3. The highest BCUT2D eigenvalue weighted by atomic mass is 32.1. The first kappa shape index (κ1) is 13.7. The highest BCUT2D eigenvalue weighted by Crippen LogP contribution is 2.32. The van der Waals surface area contributed by atoms with Gasteiger partial charge in [-0.05, 0) is 32.4 Å². The van der Waals surface area contributed by atoms with Gasteiger partial charge in [0.05, 0.1) is 17.8 Å². The number of fused-ring (bicyclic) bond motifs is 1. The van der Waals surface area contributed by atoms with Crippen molar-refractivity contribution in [2.24, 2.45) is 0 Å². The normalized spacial score (nSPS) is 18.9. The molecule has 4 rings (SSSR count). The number of hydrogen-bond donors (Lipinski definition) is 3. The molecule has 114 valence electrons. The monoisotopic (exact) mass is 315 g/mol. The van der Waals surface area contributed by atoms with Gasteiger partial charge in [0.2, 0.25) is 0 Å². The van der Waals surface area contributed by atoms with E-state index in [4.69, 9.17) is 0 Å². The van der Waals surface area contributed by atoms with Gasteiger partial charge >= 0.3 is 0 Å². The van der Waals surface area contributed by atoms with Crippen molar-refractivity contribution in [3.63, 3.8) is 0 Å². The van der Waals surface area contributed by atoms with Crippen molar-refractivity contribution in [1.82, 2.24) is 25.5 Å². The van der Waals surface area contributed by atoms with Crippen molar-refractivity contribution >= 4 is 21.6 Å². The fourth-order valence-corrected chi connectivity index (χ4v) is 4.00. The molecule has 1 aliphatic rings. The van der Waals surface area contributed by atoms with Crippen LogP contribution in [-0.4, -0.2) is 26.7 Å². The summed E-state index contributed by atoms with van der Waals surface area (Å²) in [6.07, 6.45) is 5.16. The Bertz CT molecular complexity index is 872. The van der Waals surface area contributed by atoms with E-state index < -0.39 is 0 Å². The maximum Gasteiger partial charge on any atom is 0.268 e. The van der Waals surface area contributed by atoms with E-state index in [-0.39, 0.29) is 11.6 Å². The Hall–Kier alpha value is -1.99. The van der Waals surface area contributed by atoms with Crippen LogP contribution in [-0.2, 0) is 0 Å². The Balaban J connectivity index is 1.81. The summed E-state index contributed by atoms with van der Waals surface area (Å²) in [7, 11) is 0. The number of aromatic nitrogens is 4. The third kappa shape index (κ3) is 2.26. The number of aryl methyl sites for hydroxylation is 1. The zero-order chi connectivity index (χ0) is 15.1. The van der Waals surface area contributed by atoms with Crippen LogP contribution in [0, 0.1) is 6.92 Å². The summed E-state index contributed by atoms with van der Waals surface area (Å²) in [5.41, 5.74) is 2.74. The molecule has 22 heavy (non-hydrogen) atoms. The molecule has 3 N–H and O–H groups in total. The lowest BCUT2D eigenvalue weighted by atomic mass is 10.0. The summed E-state index contributed by atoms with van der Waals surface area (Å²) in [4.78, 5) is 21.0. The largest absolute Gasteiger partial charge is 0.308 e. The lowest BCUT2D eigenvalue weighted by molar-refractivity contribution is 0.397. The molecule has 0 aliphatic carbocycles. The number of hydrogen-bond acceptors (Lipinski definition) is 5. The third-order valence-electron chi connectivity index (χ3n) is 4.14. The minimum Gasteiger partial charge on any atom is -0.308 e. The number of thiophene rings is 1. The molecule has 0 saturated carbocycles. The van der Waals surface area contributed by atoms with Gasteiger partial charge in [0.15, 0.2) is 0 Å². The van der Waals surface area contributed by atoms with Crippen LogP contribution >= 0.6 is 11.3 Å². The molecule has 1 atom stereocenters. The van der Waals surface area contributed by atoms with Crippen molar-refractivity contribution < 1.29 is 0 Å². The van der Waals surface area contributed by atoms with Gasteiger partial charge in [0.1, 0.15) is 10.5 Å². The standard InChI is InChI=1S/C15H17N5OS/c1-8-9(7-17-20-8)12-6-11-13(22-12)15(21)19-14(18-11)10-4-2-3-5-16-10/h6-7,10,16H,2-5H2,1H3,(H,17,20)(H,18,19,21)/t10-/m1/s1. The lowest BCUT2D eigenvalue weighted by Crippen LogP contribution is -2.29. The molecule has 7 heteroatoms. The van der Waals surface area contributed by atoms with Crippen LogP contribution in [0.25, 0.3) is 20.7 Å². The van der Waals surface area contributed by atoms with E-state index >= 15 is 0 Å². The summed E-state index contributed by atoms with van der Waals surface area (Å²) in [6, 6.07) is 2.14. The predicted octanol–water partition coefficient (Wildman–Crippen LogP) is 2.50. The topological polar surface area (TPSA) is 86.5 Å². The maximum atomic E-state index is 12.4. The highest BCUT2D eigenvalue weighted by molar-refractivity contribution is 7.22. The van der Waals surface area contributed by atoms with E-state index in [1.165, 1.54) is 24.2 Å². The number of aromatic amines is 2. The smallest absolute Gasteiger partial charge is 0.268 e. The molecule has 0 radical (unpaired) electrons. The van der Waals surface area contributed by atoms with E-state index in [9.17, 15) is 4.79 Å². The summed E-state index contributed by atoms with van der Waals surface area (Å²) in [5.74, 6) is 0.755. The Morgan fingerprint density at radius 1 is 1.36 bits per heavy atom. The first-order valence-corrected chi connectivity index (χ1v) is 8.31. The van der Waals surface area contributed by atoms with Gasteiger partial charge in [-0.15, -0.1) is 11.3 Å². The van der Waals surface area contributed by atoms with Crippen LogP contribution in [0.1, 0.15) is 36.8 Å². The molecule has 1 fully saturated rings. The van der Waals surface area contributed by atoms with E-state index in [0.717, 1.165) is 40.4 Å². The van der Waals surface area contributed by atoms with Crippen LogP contribution in [0.15, 0.2) is 17.1 Å². The van der Waals surface area contributed by atoms with Crippen LogP contribution in [0.4, 0.5) is 0 Å². The van der Waals surface area contributed by atoms with E-state index in [1.54, 1.807) is 6.20 Å². The van der Waals surface area contributed by atoms with Gasteiger partial charge < -0.3 is 10.3 Å². The Kier molecular flexibility index (Phi) is 3.31. The maximum absolute atomic E-state index is 12.4. The zero-order valence-corrected chi connectivity index (χ0v) is 13.1. The molecular weight excluding hydrogens is 298 g/mol. The van der Waals surface area contributed by atoms with Crippen LogP contribution in [0.3, 0.4) is 0 Å². The fraction of sp³-hybridized carbons (Fsp3) is 0.400. The molecular formula is C15H17N5OS. The molecule has 0 aromatic carbocycles. The third-order valence-corrected chi connectivity index (χ3v) is 5.29. The van der Waals surface area contributed by atoms with Crippen molar-refractivity contribution in [3.05, 3.63) is 34.1 Å². The summed E-state index contributed by atoms with van der Waals surface area (Å²) >= 11 is 1.46. The molecule has 1 aliphatic heterocycles. The highest BCUT2D eigenvalue weighted by Gasteiger charge is 2.19. The molecule has 1 saturated heterocycles. The second-order valence-corrected chi connectivity index (χ2v) is 6.74. The quantitative estimate of drug-likeness (QED) is 0.678. The van der Waals surface area contributed by atoms with Crippen molar-refractivity contribution in [3.8, 4) is 10.4 Å². The van der Waals surface area contributed by atoms with Gasteiger partial charge in [0, 0.05) is 16.1 Å². The summed E-state index contributed by atoms with van der Waals surface area (Å²) in [6.45, 7) is 2.96. The van der Waals surface area contributed by atoms with Crippen molar-refractivity contribution in [2.75, 3.05) is 6.54 Å². The molecule has 3 aromatic heterocycles. The predicted molar refractivity (Wildman–Crippen MR) is 87.2 cm³/mol. The number of H-pyrrole nitrogens is 2. The van der Waals surface area contributed by atoms with Crippen LogP contribution < -0.4 is 10.9 Å². The Morgan fingerprint density at radius 3 is 3.00 bits per heavy atom. The molecule has 6 nitrogen and oxygen atoms in total. The molecule has 0 unspecified atom stereocenters. The molecule has 0 spiro atoms. The van der Waals surface area contributed by atoms with E-state index in [2.05, 4.69) is 25.5 Å². The van der Waals surface area contributed by atoms with Crippen molar-refractivity contribution in [2.45, 2.75) is 32.2 Å². The molecule has 0 amide bonds. The number of nitrogens with zero attached hydrogens (tertiary/aromatic N) is 2. The first-order chi connectivity index (χ1) is 10.7.